The molecule has 1 fully saturated rings. The van der Waals surface area contributed by atoms with Crippen molar-refractivity contribution in [2.75, 3.05) is 13.1 Å². The molecule has 1 aromatic heterocycles. The number of hydrogen-bond donors (Lipinski definition) is 3. The minimum Gasteiger partial charge on any atom is -0.481 e. The number of aryl methyl sites for hydroxylation is 1. The molecule has 0 aliphatic carbocycles. The number of aliphatic hydroxyl groups excluding tert-OH is 1. The Morgan fingerprint density at radius 2 is 2.00 bits per heavy atom. The molecule has 0 spiro atoms. The number of carbonyl (C=O) groups is 2. The lowest BCUT2D eigenvalue weighted by molar-refractivity contribution is -0.162. The van der Waals surface area contributed by atoms with E-state index in [-0.39, 0.29) is 18.9 Å². The van der Waals surface area contributed by atoms with Gasteiger partial charge in [-0.25, -0.2) is 0 Å². The maximum absolute atomic E-state index is 12.6. The number of rotatable bonds is 6. The second-order valence-corrected chi connectivity index (χ2v) is 6.93. The normalized spacial score (nSPS) is 23.0. The van der Waals surface area contributed by atoms with E-state index in [1.807, 2.05) is 30.3 Å². The Labute approximate surface area is 152 Å². The molecule has 1 aliphatic rings. The molecule has 2 heterocycles. The Balaban J connectivity index is 1.72. The Morgan fingerprint density at radius 1 is 1.23 bits per heavy atom. The SMILES string of the molecule is O=C(c1cc[nH]c1)N1CC[C@H](O)[C@](CCCc2ccccc2)(C(=O)O)C1. The second kappa shape index (κ2) is 7.74. The van der Waals surface area contributed by atoms with Gasteiger partial charge in [-0.2, -0.15) is 0 Å². The van der Waals surface area contributed by atoms with Crippen molar-refractivity contribution in [3.8, 4) is 0 Å². The Kier molecular flexibility index (Phi) is 5.42. The number of H-pyrrole nitrogens is 1. The number of likely N-dealkylation sites (tertiary alicyclic amines) is 1. The molecule has 26 heavy (non-hydrogen) atoms. The standard InChI is InChI=1S/C20H24N2O4/c23-17-9-12-22(18(24)16-8-11-21-13-16)14-20(17,19(25)26)10-4-7-15-5-2-1-3-6-15/h1-3,5-6,8,11,13,17,21,23H,4,7,9-10,12,14H2,(H,25,26)/t17-,20+/m0/s1. The van der Waals surface area contributed by atoms with Crippen LogP contribution in [0.15, 0.2) is 48.8 Å². The van der Waals surface area contributed by atoms with E-state index in [0.717, 1.165) is 12.0 Å². The Morgan fingerprint density at radius 3 is 2.65 bits per heavy atom. The predicted octanol–water partition coefficient (Wildman–Crippen LogP) is 2.32. The van der Waals surface area contributed by atoms with Crippen molar-refractivity contribution in [1.29, 1.82) is 0 Å². The molecule has 3 rings (SSSR count). The van der Waals surface area contributed by atoms with Gasteiger partial charge in [0, 0.05) is 25.5 Å². The highest BCUT2D eigenvalue weighted by atomic mass is 16.4. The van der Waals surface area contributed by atoms with Crippen LogP contribution in [0.3, 0.4) is 0 Å². The predicted molar refractivity (Wildman–Crippen MR) is 96.8 cm³/mol. The summed E-state index contributed by atoms with van der Waals surface area (Å²) in [5.41, 5.74) is 0.322. The molecule has 0 unspecified atom stereocenters. The number of carbonyl (C=O) groups excluding carboxylic acids is 1. The van der Waals surface area contributed by atoms with E-state index in [9.17, 15) is 19.8 Å². The van der Waals surface area contributed by atoms with Crippen LogP contribution >= 0.6 is 0 Å². The number of benzene rings is 1. The first-order valence-corrected chi connectivity index (χ1v) is 8.90. The molecule has 1 aromatic carbocycles. The summed E-state index contributed by atoms with van der Waals surface area (Å²) in [5.74, 6) is -1.24. The molecular formula is C20H24N2O4. The van der Waals surface area contributed by atoms with Crippen LogP contribution in [0.5, 0.6) is 0 Å². The van der Waals surface area contributed by atoms with Crippen LogP contribution in [0, 0.1) is 5.41 Å². The van der Waals surface area contributed by atoms with Gasteiger partial charge in [0.05, 0.1) is 11.7 Å². The fraction of sp³-hybridized carbons (Fsp3) is 0.400. The van der Waals surface area contributed by atoms with Crippen molar-refractivity contribution in [3.05, 3.63) is 59.9 Å². The first-order chi connectivity index (χ1) is 12.5. The fourth-order valence-electron chi connectivity index (χ4n) is 3.71. The van der Waals surface area contributed by atoms with E-state index in [4.69, 9.17) is 0 Å². The number of aromatic amines is 1. The van der Waals surface area contributed by atoms with Gasteiger partial charge in [-0.05, 0) is 37.3 Å². The number of piperidine rings is 1. The van der Waals surface area contributed by atoms with Crippen LogP contribution in [0.25, 0.3) is 0 Å². The molecule has 3 N–H and O–H groups in total. The van der Waals surface area contributed by atoms with Crippen molar-refractivity contribution < 1.29 is 19.8 Å². The van der Waals surface area contributed by atoms with E-state index >= 15 is 0 Å². The van der Waals surface area contributed by atoms with Crippen LogP contribution in [0.2, 0.25) is 0 Å². The first kappa shape index (κ1) is 18.2. The summed E-state index contributed by atoms with van der Waals surface area (Å²) in [5, 5.41) is 20.4. The van der Waals surface area contributed by atoms with Gasteiger partial charge in [0.2, 0.25) is 0 Å². The minimum absolute atomic E-state index is 0.0301. The fourth-order valence-corrected chi connectivity index (χ4v) is 3.71. The van der Waals surface area contributed by atoms with Crippen LogP contribution in [-0.2, 0) is 11.2 Å². The lowest BCUT2D eigenvalue weighted by Gasteiger charge is -2.43. The van der Waals surface area contributed by atoms with Gasteiger partial charge in [-0.3, -0.25) is 9.59 Å². The van der Waals surface area contributed by atoms with Crippen molar-refractivity contribution in [1.82, 2.24) is 9.88 Å². The zero-order valence-corrected chi connectivity index (χ0v) is 14.6. The van der Waals surface area contributed by atoms with Gasteiger partial charge in [0.15, 0.2) is 0 Å². The number of hydrogen-bond acceptors (Lipinski definition) is 3. The molecule has 1 saturated heterocycles. The molecule has 0 radical (unpaired) electrons. The maximum atomic E-state index is 12.6. The molecule has 0 saturated carbocycles. The smallest absolute Gasteiger partial charge is 0.314 e. The zero-order valence-electron chi connectivity index (χ0n) is 14.6. The number of amides is 1. The largest absolute Gasteiger partial charge is 0.481 e. The molecule has 2 aromatic rings. The molecule has 6 heteroatoms. The lowest BCUT2D eigenvalue weighted by atomic mass is 9.73. The van der Waals surface area contributed by atoms with Gasteiger partial charge in [-0.15, -0.1) is 0 Å². The number of carboxylic acid groups (broad SMARTS) is 1. The highest BCUT2D eigenvalue weighted by Crippen LogP contribution is 2.36. The Hall–Kier alpha value is -2.60. The van der Waals surface area contributed by atoms with E-state index in [1.165, 1.54) is 0 Å². The van der Waals surface area contributed by atoms with Crippen LogP contribution < -0.4 is 0 Å². The van der Waals surface area contributed by atoms with Crippen molar-refractivity contribution >= 4 is 11.9 Å². The van der Waals surface area contributed by atoms with E-state index < -0.39 is 17.5 Å². The number of carboxylic acids is 1. The molecular weight excluding hydrogens is 332 g/mol. The zero-order chi connectivity index (χ0) is 18.6. The number of aliphatic hydroxyl groups is 1. The topological polar surface area (TPSA) is 93.6 Å². The number of nitrogens with zero attached hydrogens (tertiary/aromatic N) is 1. The molecule has 0 bridgehead atoms. The summed E-state index contributed by atoms with van der Waals surface area (Å²) in [6.07, 6.45) is 4.30. The summed E-state index contributed by atoms with van der Waals surface area (Å²) >= 11 is 0. The third-order valence-corrected chi connectivity index (χ3v) is 5.27. The second-order valence-electron chi connectivity index (χ2n) is 6.93. The summed E-state index contributed by atoms with van der Waals surface area (Å²) < 4.78 is 0. The highest BCUT2D eigenvalue weighted by Gasteiger charge is 2.49. The molecule has 6 nitrogen and oxygen atoms in total. The van der Waals surface area contributed by atoms with Gasteiger partial charge in [0.25, 0.3) is 5.91 Å². The molecule has 138 valence electrons. The van der Waals surface area contributed by atoms with Crippen LogP contribution in [0.1, 0.15) is 35.2 Å². The lowest BCUT2D eigenvalue weighted by Crippen LogP contribution is -2.57. The summed E-state index contributed by atoms with van der Waals surface area (Å²) in [4.78, 5) is 29.1. The molecule has 2 atom stereocenters. The van der Waals surface area contributed by atoms with Crippen LogP contribution in [-0.4, -0.2) is 51.2 Å². The molecule has 1 amide bonds. The summed E-state index contributed by atoms with van der Waals surface area (Å²) in [7, 11) is 0. The van der Waals surface area contributed by atoms with Gasteiger partial charge >= 0.3 is 5.97 Å². The number of aliphatic carboxylic acids is 1. The minimum atomic E-state index is -1.32. The highest BCUT2D eigenvalue weighted by molar-refractivity contribution is 5.94. The monoisotopic (exact) mass is 356 g/mol. The van der Waals surface area contributed by atoms with E-state index in [1.54, 1.807) is 23.4 Å². The van der Waals surface area contributed by atoms with E-state index in [2.05, 4.69) is 4.98 Å². The van der Waals surface area contributed by atoms with Gasteiger partial charge in [-0.1, -0.05) is 30.3 Å². The third kappa shape index (κ3) is 3.65. The first-order valence-electron chi connectivity index (χ1n) is 8.90. The quantitative estimate of drug-likeness (QED) is 0.740. The maximum Gasteiger partial charge on any atom is 0.314 e. The van der Waals surface area contributed by atoms with Gasteiger partial charge < -0.3 is 20.1 Å². The van der Waals surface area contributed by atoms with E-state index in [0.29, 0.717) is 24.9 Å². The average molecular weight is 356 g/mol. The summed E-state index contributed by atoms with van der Waals surface area (Å²) in [6, 6.07) is 11.5. The van der Waals surface area contributed by atoms with Crippen molar-refractivity contribution in [2.45, 2.75) is 31.8 Å². The number of aromatic nitrogens is 1. The van der Waals surface area contributed by atoms with Crippen molar-refractivity contribution in [2.24, 2.45) is 5.41 Å². The molecule has 1 aliphatic heterocycles. The van der Waals surface area contributed by atoms with Gasteiger partial charge in [0.1, 0.15) is 5.41 Å². The third-order valence-electron chi connectivity index (χ3n) is 5.27. The average Bonchev–Trinajstić information content (AvgIpc) is 3.18. The Bertz CT molecular complexity index is 744. The summed E-state index contributed by atoms with van der Waals surface area (Å²) in [6.45, 7) is 0.390. The van der Waals surface area contributed by atoms with Crippen molar-refractivity contribution in [3.63, 3.8) is 0 Å². The van der Waals surface area contributed by atoms with Crippen LogP contribution in [0.4, 0.5) is 0 Å². The number of nitrogens with one attached hydrogen (secondary N) is 1.